The first-order valence-corrected chi connectivity index (χ1v) is 7.95. The number of hydrogen-bond donors (Lipinski definition) is 2. The molecule has 0 aliphatic rings. The molecule has 0 atom stereocenters. The highest BCUT2D eigenvalue weighted by atomic mass is 35.5. The number of carbonyl (C=O) groups excluding carboxylic acids is 2. The van der Waals surface area contributed by atoms with E-state index in [4.69, 9.17) is 32.7 Å². The Morgan fingerprint density at radius 3 is 2.08 bits per heavy atom. The van der Waals surface area contributed by atoms with Gasteiger partial charge in [-0.25, -0.2) is 0 Å². The van der Waals surface area contributed by atoms with Gasteiger partial charge in [-0.15, -0.1) is 0 Å². The molecular weight excluding hydrogens is 367 g/mol. The van der Waals surface area contributed by atoms with E-state index in [0.717, 1.165) is 0 Å². The van der Waals surface area contributed by atoms with Gasteiger partial charge in [0.05, 0.1) is 20.8 Å². The fourth-order valence-corrected chi connectivity index (χ4v) is 2.68. The third kappa shape index (κ3) is 5.01. The van der Waals surface area contributed by atoms with Crippen molar-refractivity contribution in [3.63, 3.8) is 0 Å². The van der Waals surface area contributed by atoms with E-state index in [1.165, 1.54) is 14.2 Å². The van der Waals surface area contributed by atoms with Gasteiger partial charge in [0.25, 0.3) is 5.91 Å². The molecule has 2 aromatic carbocycles. The molecule has 0 bridgehead atoms. The van der Waals surface area contributed by atoms with Crippen molar-refractivity contribution in [3.8, 4) is 11.5 Å². The van der Waals surface area contributed by atoms with Crippen LogP contribution >= 0.6 is 23.2 Å². The van der Waals surface area contributed by atoms with Gasteiger partial charge >= 0.3 is 0 Å². The van der Waals surface area contributed by atoms with Gasteiger partial charge < -0.3 is 20.1 Å². The van der Waals surface area contributed by atoms with Crippen LogP contribution in [0, 0.1) is 0 Å². The number of anilines is 1. The van der Waals surface area contributed by atoms with Gasteiger partial charge in [-0.3, -0.25) is 9.59 Å². The van der Waals surface area contributed by atoms with Crippen LogP contribution in [-0.4, -0.2) is 32.6 Å². The molecule has 0 saturated carbocycles. The first kappa shape index (κ1) is 18.9. The monoisotopic (exact) mass is 382 g/mol. The smallest absolute Gasteiger partial charge is 0.259 e. The van der Waals surface area contributed by atoms with Gasteiger partial charge in [0, 0.05) is 15.7 Å². The van der Waals surface area contributed by atoms with Crippen molar-refractivity contribution in [3.05, 3.63) is 52.0 Å². The van der Waals surface area contributed by atoms with Gasteiger partial charge in [0.2, 0.25) is 5.91 Å². The number of carbonyl (C=O) groups is 2. The fourth-order valence-electron chi connectivity index (χ4n) is 2.16. The normalized spacial score (nSPS) is 10.1. The second-order valence-electron chi connectivity index (χ2n) is 4.93. The van der Waals surface area contributed by atoms with E-state index in [0.29, 0.717) is 27.2 Å². The molecule has 8 heteroatoms. The molecule has 25 heavy (non-hydrogen) atoms. The zero-order valence-electron chi connectivity index (χ0n) is 13.6. The quantitative estimate of drug-likeness (QED) is 0.802. The predicted molar refractivity (Wildman–Crippen MR) is 97.0 cm³/mol. The van der Waals surface area contributed by atoms with Gasteiger partial charge in [0.1, 0.15) is 17.1 Å². The van der Waals surface area contributed by atoms with Crippen molar-refractivity contribution in [1.82, 2.24) is 5.32 Å². The Labute approximate surface area is 155 Å². The first-order valence-electron chi connectivity index (χ1n) is 7.19. The van der Waals surface area contributed by atoms with E-state index in [1.807, 2.05) is 0 Å². The highest BCUT2D eigenvalue weighted by molar-refractivity contribution is 6.35. The third-order valence-corrected chi connectivity index (χ3v) is 3.65. The number of benzene rings is 2. The number of rotatable bonds is 6. The topological polar surface area (TPSA) is 76.7 Å². The Morgan fingerprint density at radius 1 is 1.00 bits per heavy atom. The summed E-state index contributed by atoms with van der Waals surface area (Å²) in [5.41, 5.74) is 0.651. The summed E-state index contributed by atoms with van der Waals surface area (Å²) in [6, 6.07) is 9.61. The lowest BCUT2D eigenvalue weighted by molar-refractivity contribution is -0.115. The van der Waals surface area contributed by atoms with Crippen LogP contribution in [0.2, 0.25) is 10.0 Å². The predicted octanol–water partition coefficient (Wildman–Crippen LogP) is 3.38. The zero-order chi connectivity index (χ0) is 18.4. The summed E-state index contributed by atoms with van der Waals surface area (Å²) in [6.07, 6.45) is 0. The molecule has 0 saturated heterocycles. The molecule has 0 aromatic heterocycles. The molecule has 0 radical (unpaired) electrons. The Morgan fingerprint density at radius 2 is 1.56 bits per heavy atom. The summed E-state index contributed by atoms with van der Waals surface area (Å²) in [5, 5.41) is 5.91. The number of nitrogens with one attached hydrogen (secondary N) is 2. The number of halogens is 2. The molecule has 0 unspecified atom stereocenters. The summed E-state index contributed by atoms with van der Waals surface area (Å²) >= 11 is 11.7. The van der Waals surface area contributed by atoms with Crippen LogP contribution in [0.15, 0.2) is 36.4 Å². The van der Waals surface area contributed by atoms with Gasteiger partial charge in [-0.2, -0.15) is 0 Å². The van der Waals surface area contributed by atoms with Crippen LogP contribution in [0.3, 0.4) is 0 Å². The summed E-state index contributed by atoms with van der Waals surface area (Å²) in [6.45, 7) is -0.246. The molecule has 132 valence electrons. The molecule has 0 heterocycles. The Kier molecular flexibility index (Phi) is 6.50. The van der Waals surface area contributed by atoms with Crippen LogP contribution in [0.4, 0.5) is 5.69 Å². The lowest BCUT2D eigenvalue weighted by Crippen LogP contribution is -2.33. The van der Waals surface area contributed by atoms with Crippen LogP contribution in [-0.2, 0) is 4.79 Å². The lowest BCUT2D eigenvalue weighted by Gasteiger charge is -2.13. The van der Waals surface area contributed by atoms with E-state index in [9.17, 15) is 9.59 Å². The van der Waals surface area contributed by atoms with E-state index >= 15 is 0 Å². The van der Waals surface area contributed by atoms with Crippen LogP contribution in [0.25, 0.3) is 0 Å². The summed E-state index contributed by atoms with van der Waals surface area (Å²) < 4.78 is 10.3. The van der Waals surface area contributed by atoms with Crippen LogP contribution < -0.4 is 20.1 Å². The number of hydrogen-bond acceptors (Lipinski definition) is 4. The Balaban J connectivity index is 2.03. The lowest BCUT2D eigenvalue weighted by atomic mass is 10.1. The van der Waals surface area contributed by atoms with E-state index < -0.39 is 11.8 Å². The van der Waals surface area contributed by atoms with Gasteiger partial charge in [0.15, 0.2) is 0 Å². The van der Waals surface area contributed by atoms with Crippen molar-refractivity contribution < 1.29 is 19.1 Å². The van der Waals surface area contributed by atoms with E-state index in [-0.39, 0.29) is 12.1 Å². The molecule has 0 spiro atoms. The van der Waals surface area contributed by atoms with Crippen molar-refractivity contribution in [2.75, 3.05) is 26.1 Å². The second-order valence-corrected chi connectivity index (χ2v) is 5.80. The highest BCUT2D eigenvalue weighted by Crippen LogP contribution is 2.28. The zero-order valence-corrected chi connectivity index (χ0v) is 15.1. The average molecular weight is 383 g/mol. The minimum Gasteiger partial charge on any atom is -0.496 e. The summed E-state index contributed by atoms with van der Waals surface area (Å²) in [7, 11) is 2.89. The van der Waals surface area contributed by atoms with E-state index in [2.05, 4.69) is 10.6 Å². The Hall–Kier alpha value is -2.44. The first-order chi connectivity index (χ1) is 11.9. The molecule has 2 rings (SSSR count). The van der Waals surface area contributed by atoms with Crippen LogP contribution in [0.1, 0.15) is 10.4 Å². The number of ether oxygens (including phenoxy) is 2. The molecule has 0 fully saturated rings. The third-order valence-electron chi connectivity index (χ3n) is 3.21. The SMILES string of the molecule is COc1cccc(OC)c1C(=O)NCC(=O)Nc1cc(Cl)cc(Cl)c1. The van der Waals surface area contributed by atoms with Crippen molar-refractivity contribution in [2.24, 2.45) is 0 Å². The maximum Gasteiger partial charge on any atom is 0.259 e. The largest absolute Gasteiger partial charge is 0.496 e. The van der Waals surface area contributed by atoms with Crippen molar-refractivity contribution in [2.45, 2.75) is 0 Å². The number of methoxy groups -OCH3 is 2. The molecule has 2 amide bonds. The summed E-state index contributed by atoms with van der Waals surface area (Å²) in [5.74, 6) is -0.230. The molecule has 0 aliphatic carbocycles. The van der Waals surface area contributed by atoms with Gasteiger partial charge in [-0.05, 0) is 30.3 Å². The maximum absolute atomic E-state index is 12.4. The number of amides is 2. The molecule has 0 aliphatic heterocycles. The van der Waals surface area contributed by atoms with Crippen LogP contribution in [0.5, 0.6) is 11.5 Å². The fraction of sp³-hybridized carbons (Fsp3) is 0.176. The standard InChI is InChI=1S/C17H16Cl2N2O4/c1-24-13-4-3-5-14(25-2)16(13)17(23)20-9-15(22)21-12-7-10(18)6-11(19)8-12/h3-8H,9H2,1-2H3,(H,20,23)(H,21,22). The summed E-state index contributed by atoms with van der Waals surface area (Å²) in [4.78, 5) is 24.4. The second kappa shape index (κ2) is 8.60. The maximum atomic E-state index is 12.4. The molecule has 2 aromatic rings. The van der Waals surface area contributed by atoms with Crippen molar-refractivity contribution >= 4 is 40.7 Å². The minimum absolute atomic E-state index is 0.214. The molecule has 6 nitrogen and oxygen atoms in total. The van der Waals surface area contributed by atoms with E-state index in [1.54, 1.807) is 36.4 Å². The molecule has 2 N–H and O–H groups in total. The highest BCUT2D eigenvalue weighted by Gasteiger charge is 2.18. The average Bonchev–Trinajstić information content (AvgIpc) is 2.57. The minimum atomic E-state index is -0.492. The Bertz CT molecular complexity index is 754. The van der Waals surface area contributed by atoms with Gasteiger partial charge in [-0.1, -0.05) is 29.3 Å². The van der Waals surface area contributed by atoms with Crippen molar-refractivity contribution in [1.29, 1.82) is 0 Å². The molecular formula is C17H16Cl2N2O4.